The first-order valence-corrected chi connectivity index (χ1v) is 17.3. The summed E-state index contributed by atoms with van der Waals surface area (Å²) >= 11 is 0. The van der Waals surface area contributed by atoms with E-state index in [0.717, 1.165) is 18.3 Å². The second-order valence-electron chi connectivity index (χ2n) is 15.7. The molecule has 14 unspecified atom stereocenters. The van der Waals surface area contributed by atoms with Crippen molar-refractivity contribution < 1.29 is 63.9 Å². The van der Waals surface area contributed by atoms with Crippen LogP contribution in [0.1, 0.15) is 78.1 Å². The molecule has 47 heavy (non-hydrogen) atoms. The first-order chi connectivity index (χ1) is 22.2. The Morgan fingerprint density at radius 2 is 1.70 bits per heavy atom. The maximum absolute atomic E-state index is 13.1. The summed E-state index contributed by atoms with van der Waals surface area (Å²) in [6.07, 6.45) is -1.89. The molecule has 7 aliphatic rings. The van der Waals surface area contributed by atoms with Gasteiger partial charge in [-0.25, -0.2) is 4.79 Å². The molecular weight excluding hydrogens is 616 g/mol. The van der Waals surface area contributed by atoms with Crippen molar-refractivity contribution in [3.8, 4) is 0 Å². The number of fused-ring (bicyclic) bond motifs is 5. The summed E-state index contributed by atoms with van der Waals surface area (Å²) in [7, 11) is 0. The zero-order valence-corrected chi connectivity index (χ0v) is 27.1. The molecule has 4 aliphatic carbocycles. The topological polar surface area (TPSA) is 202 Å². The maximum Gasteiger partial charge on any atom is 0.331 e. The molecule has 6 N–H and O–H groups in total. The smallest absolute Gasteiger partial charge is 0.331 e. The predicted octanol–water partition coefficient (Wildman–Crippen LogP) is 0.243. The van der Waals surface area contributed by atoms with E-state index in [9.17, 15) is 40.2 Å². The van der Waals surface area contributed by atoms with Crippen LogP contribution in [0.2, 0.25) is 0 Å². The van der Waals surface area contributed by atoms with Crippen LogP contribution in [0.15, 0.2) is 11.6 Å². The molecule has 0 bridgehead atoms. The monoisotopic (exact) mass is 666 g/mol. The minimum Gasteiger partial charge on any atom is -0.458 e. The first-order valence-electron chi connectivity index (χ1n) is 17.3. The van der Waals surface area contributed by atoms with Crippen molar-refractivity contribution in [2.24, 2.45) is 28.6 Å². The van der Waals surface area contributed by atoms with E-state index in [-0.39, 0.29) is 49.8 Å². The average molecular weight is 667 g/mol. The van der Waals surface area contributed by atoms with Crippen LogP contribution in [0.25, 0.3) is 0 Å². The summed E-state index contributed by atoms with van der Waals surface area (Å²) in [5.74, 6) is -0.635. The van der Waals surface area contributed by atoms with E-state index in [1.54, 1.807) is 13.0 Å². The van der Waals surface area contributed by atoms with E-state index in [1.807, 2.05) is 0 Å². The van der Waals surface area contributed by atoms with Gasteiger partial charge in [0.25, 0.3) is 0 Å². The number of rotatable bonds is 6. The number of aliphatic hydroxyl groups is 6. The highest BCUT2D eigenvalue weighted by atomic mass is 16.7. The summed E-state index contributed by atoms with van der Waals surface area (Å²) < 4.78 is 28.7. The molecule has 0 amide bonds. The van der Waals surface area contributed by atoms with Crippen LogP contribution in [-0.2, 0) is 33.3 Å². The molecule has 7 rings (SSSR count). The van der Waals surface area contributed by atoms with Crippen molar-refractivity contribution in [1.82, 2.24) is 0 Å². The maximum atomic E-state index is 13.1. The zero-order chi connectivity index (χ0) is 33.5. The van der Waals surface area contributed by atoms with E-state index in [0.29, 0.717) is 44.9 Å². The van der Waals surface area contributed by atoms with Gasteiger partial charge in [0.05, 0.1) is 41.5 Å². The van der Waals surface area contributed by atoms with Gasteiger partial charge in [-0.15, -0.1) is 0 Å². The highest BCUT2D eigenvalue weighted by molar-refractivity contribution is 5.85. The third-order valence-electron chi connectivity index (χ3n) is 13.6. The number of hydrogen-bond donors (Lipinski definition) is 6. The highest BCUT2D eigenvalue weighted by Crippen LogP contribution is 2.70. The molecular formula is C34H50O13. The Morgan fingerprint density at radius 1 is 0.936 bits per heavy atom. The van der Waals surface area contributed by atoms with Gasteiger partial charge in [-0.1, -0.05) is 6.92 Å². The molecule has 13 nitrogen and oxygen atoms in total. The average Bonchev–Trinajstić information content (AvgIpc) is 3.57. The summed E-state index contributed by atoms with van der Waals surface area (Å²) in [5, 5.41) is 65.7. The van der Waals surface area contributed by atoms with Gasteiger partial charge in [0.15, 0.2) is 12.6 Å². The van der Waals surface area contributed by atoms with Crippen LogP contribution in [0, 0.1) is 28.6 Å². The van der Waals surface area contributed by atoms with Crippen molar-refractivity contribution in [3.63, 3.8) is 0 Å². The Kier molecular flexibility index (Phi) is 8.72. The highest BCUT2D eigenvalue weighted by Gasteiger charge is 2.71. The van der Waals surface area contributed by atoms with Gasteiger partial charge < -0.3 is 59.1 Å². The van der Waals surface area contributed by atoms with Crippen LogP contribution in [0.4, 0.5) is 0 Å². The standard InChI is InChI=1S/C34H50O13/c1-17-29(47-30-28(40)27(39)24(37)15-44-30)23(36)12-26(45-17)46-19-3-8-32(16-35)21-4-7-31(2)20(18-11-25(38)43-14-18)6-10-34(31,42)22(21)5-9-33(32,41)13-19/h11,16-17,19-24,26-30,36-37,39-42H,3-10,12-15H2,1-2H3/t17?,19?,20?,21-,22+,23?,24?,26?,27?,28?,29?,30?,31?,32?,33?,34?/m0/s1. The van der Waals surface area contributed by atoms with Crippen molar-refractivity contribution >= 4 is 12.3 Å². The lowest BCUT2D eigenvalue weighted by Gasteiger charge is -2.65. The summed E-state index contributed by atoms with van der Waals surface area (Å²) in [4.78, 5) is 25.0. The number of hydrogen-bond acceptors (Lipinski definition) is 13. The number of aldehydes is 1. The largest absolute Gasteiger partial charge is 0.458 e. The molecule has 0 spiro atoms. The lowest BCUT2D eigenvalue weighted by molar-refractivity contribution is -0.331. The minimum absolute atomic E-state index is 0.0370. The fourth-order valence-electron chi connectivity index (χ4n) is 11.0. The second-order valence-corrected chi connectivity index (χ2v) is 15.7. The minimum atomic E-state index is -1.50. The first kappa shape index (κ1) is 34.0. The Morgan fingerprint density at radius 3 is 2.40 bits per heavy atom. The van der Waals surface area contributed by atoms with E-state index in [1.165, 1.54) is 0 Å². The molecule has 264 valence electrons. The third kappa shape index (κ3) is 5.18. The van der Waals surface area contributed by atoms with E-state index >= 15 is 0 Å². The summed E-state index contributed by atoms with van der Waals surface area (Å²) in [6.45, 7) is 3.86. The molecule has 0 aromatic heterocycles. The molecule has 0 aromatic rings. The lowest BCUT2D eigenvalue weighted by atomic mass is 9.41. The van der Waals surface area contributed by atoms with Crippen LogP contribution in [-0.4, -0.2) is 123 Å². The van der Waals surface area contributed by atoms with E-state index in [2.05, 4.69) is 6.92 Å². The summed E-state index contributed by atoms with van der Waals surface area (Å²) in [5.41, 5.74) is -2.86. The number of aliphatic hydroxyl groups excluding tert-OH is 4. The van der Waals surface area contributed by atoms with Crippen LogP contribution >= 0.6 is 0 Å². The zero-order valence-electron chi connectivity index (χ0n) is 27.1. The quantitative estimate of drug-likeness (QED) is 0.128. The normalized spacial score (nSPS) is 54.6. The van der Waals surface area contributed by atoms with E-state index < -0.39 is 77.3 Å². The van der Waals surface area contributed by atoms with Crippen LogP contribution < -0.4 is 0 Å². The number of cyclic esters (lactones) is 1. The van der Waals surface area contributed by atoms with Gasteiger partial charge in [-0.2, -0.15) is 0 Å². The van der Waals surface area contributed by atoms with Crippen molar-refractivity contribution in [3.05, 3.63) is 11.6 Å². The van der Waals surface area contributed by atoms with Crippen molar-refractivity contribution in [1.29, 1.82) is 0 Å². The van der Waals surface area contributed by atoms with Crippen molar-refractivity contribution in [2.45, 2.75) is 145 Å². The van der Waals surface area contributed by atoms with Gasteiger partial charge in [-0.3, -0.25) is 0 Å². The van der Waals surface area contributed by atoms with Crippen molar-refractivity contribution in [2.75, 3.05) is 13.2 Å². The molecule has 16 atom stereocenters. The predicted molar refractivity (Wildman–Crippen MR) is 160 cm³/mol. The van der Waals surface area contributed by atoms with Crippen LogP contribution in [0.5, 0.6) is 0 Å². The Labute approximate surface area is 274 Å². The molecule has 0 aromatic carbocycles. The molecule has 0 radical (unpaired) electrons. The number of esters is 1. The Bertz CT molecular complexity index is 1250. The molecule has 2 saturated heterocycles. The molecule has 3 heterocycles. The Hall–Kier alpha value is -1.52. The van der Waals surface area contributed by atoms with Crippen LogP contribution in [0.3, 0.4) is 0 Å². The lowest BCUT2D eigenvalue weighted by Crippen LogP contribution is -2.69. The molecule has 3 aliphatic heterocycles. The Balaban J connectivity index is 1.01. The number of carbonyl (C=O) groups excluding carboxylic acids is 2. The third-order valence-corrected chi connectivity index (χ3v) is 13.6. The molecule has 13 heteroatoms. The van der Waals surface area contributed by atoms with Gasteiger partial charge in [0.1, 0.15) is 37.3 Å². The fourth-order valence-corrected chi connectivity index (χ4v) is 11.0. The summed E-state index contributed by atoms with van der Waals surface area (Å²) in [6, 6.07) is 0. The second kappa shape index (κ2) is 12.1. The molecule has 4 saturated carbocycles. The van der Waals surface area contributed by atoms with Gasteiger partial charge in [0.2, 0.25) is 0 Å². The van der Waals surface area contributed by atoms with Gasteiger partial charge >= 0.3 is 5.97 Å². The number of ether oxygens (including phenoxy) is 5. The molecule has 6 fully saturated rings. The van der Waals surface area contributed by atoms with Gasteiger partial charge in [0, 0.05) is 24.3 Å². The fraction of sp³-hybridized carbons (Fsp3) is 0.882. The van der Waals surface area contributed by atoms with E-state index in [4.69, 9.17) is 23.7 Å². The SMILES string of the molecule is CC1OC(OC2CCC3(C=O)[C@H]4CCC5(C)C(C6=CC(=O)OC6)CCC5(O)[C@@H]4CCC3(O)C2)CC(O)C1OC1OCC(O)C(O)C1O. The number of carbonyl (C=O) groups is 2. The van der Waals surface area contributed by atoms with Gasteiger partial charge in [-0.05, 0) is 81.6 Å².